The van der Waals surface area contributed by atoms with Crippen molar-refractivity contribution >= 4 is 17.8 Å². The molecule has 2 aromatic rings. The zero-order valence-corrected chi connectivity index (χ0v) is 21.5. The number of ether oxygens (including phenoxy) is 1. The summed E-state index contributed by atoms with van der Waals surface area (Å²) in [5.74, 6) is 0.395. The van der Waals surface area contributed by atoms with Gasteiger partial charge >= 0.3 is 6.03 Å². The molecule has 9 nitrogen and oxygen atoms in total. The highest BCUT2D eigenvalue weighted by Gasteiger charge is 2.52. The molecule has 3 atom stereocenters. The van der Waals surface area contributed by atoms with Crippen molar-refractivity contribution in [3.8, 4) is 5.75 Å². The molecule has 0 aliphatic carbocycles. The van der Waals surface area contributed by atoms with Gasteiger partial charge in [-0.15, -0.1) is 0 Å². The summed E-state index contributed by atoms with van der Waals surface area (Å²) in [7, 11) is 3.34. The number of likely N-dealkylation sites (N-methyl/N-ethyl adjacent to an activating group) is 1. The summed E-state index contributed by atoms with van der Waals surface area (Å²) in [6, 6.07) is 16.1. The Hall–Kier alpha value is -3.59. The summed E-state index contributed by atoms with van der Waals surface area (Å²) in [5.41, 5.74) is 1.93. The van der Waals surface area contributed by atoms with Gasteiger partial charge in [-0.3, -0.25) is 9.59 Å². The van der Waals surface area contributed by atoms with Crippen LogP contribution in [0.4, 0.5) is 4.79 Å². The number of hydrogen-bond donors (Lipinski definition) is 1. The second-order valence-electron chi connectivity index (χ2n) is 9.71. The van der Waals surface area contributed by atoms with Gasteiger partial charge < -0.3 is 19.9 Å². The van der Waals surface area contributed by atoms with Crippen LogP contribution in [-0.2, 0) is 16.1 Å². The number of amides is 4. The molecule has 0 aromatic heterocycles. The summed E-state index contributed by atoms with van der Waals surface area (Å²) >= 11 is 0. The maximum absolute atomic E-state index is 13.7. The van der Waals surface area contributed by atoms with Crippen molar-refractivity contribution in [3.63, 3.8) is 0 Å². The summed E-state index contributed by atoms with van der Waals surface area (Å²) < 4.78 is 5.20. The smallest absolute Gasteiger partial charge is 0.334 e. The molecule has 0 radical (unpaired) electrons. The fourth-order valence-corrected chi connectivity index (χ4v) is 5.09. The van der Waals surface area contributed by atoms with Gasteiger partial charge in [-0.2, -0.15) is 0 Å². The molecule has 2 aromatic carbocycles. The largest absolute Gasteiger partial charge is 0.497 e. The molecule has 0 saturated carbocycles. The number of piperazine rings is 1. The number of carbonyl (C=O) groups excluding carboxylic acids is 3. The third-order valence-electron chi connectivity index (χ3n) is 7.01. The van der Waals surface area contributed by atoms with Crippen LogP contribution in [0.1, 0.15) is 37.9 Å². The Bertz CT molecular complexity index is 1090. The van der Waals surface area contributed by atoms with E-state index in [9.17, 15) is 14.4 Å². The molecule has 4 rings (SSSR count). The van der Waals surface area contributed by atoms with Crippen LogP contribution in [0.25, 0.3) is 0 Å². The molecule has 0 spiro atoms. The van der Waals surface area contributed by atoms with Crippen LogP contribution in [0.2, 0.25) is 0 Å². The molecule has 0 bridgehead atoms. The van der Waals surface area contributed by atoms with Crippen LogP contribution in [0.3, 0.4) is 0 Å². The predicted octanol–water partition coefficient (Wildman–Crippen LogP) is 2.85. The van der Waals surface area contributed by atoms with Gasteiger partial charge in [0, 0.05) is 13.6 Å². The van der Waals surface area contributed by atoms with Gasteiger partial charge in [-0.05, 0) is 36.1 Å². The Kier molecular flexibility index (Phi) is 7.49. The molecule has 0 unspecified atom stereocenters. The zero-order valence-electron chi connectivity index (χ0n) is 21.5. The standard InChI is InChI=1S/C27H35N5O4/c1-18(2)25-26(34)30(19(3)21-9-7-6-8-10-21)16-23-31(25)24(33)17-29(4)32(23)27(35)28-15-20-11-13-22(36-5)14-12-20/h6-14,18-19,23,25H,15-17H2,1-5H3,(H,28,35)/t19-,23-,25-/m0/s1. The van der Waals surface area contributed by atoms with E-state index in [0.29, 0.717) is 6.54 Å². The Balaban J connectivity index is 1.61. The minimum Gasteiger partial charge on any atom is -0.497 e. The van der Waals surface area contributed by atoms with E-state index < -0.39 is 12.2 Å². The van der Waals surface area contributed by atoms with Crippen LogP contribution < -0.4 is 10.1 Å². The molecule has 2 heterocycles. The molecule has 2 fully saturated rings. The molecule has 9 heteroatoms. The molecular weight excluding hydrogens is 458 g/mol. The quantitative estimate of drug-likeness (QED) is 0.669. The van der Waals surface area contributed by atoms with E-state index in [4.69, 9.17) is 4.74 Å². The first-order valence-electron chi connectivity index (χ1n) is 12.3. The summed E-state index contributed by atoms with van der Waals surface area (Å²) in [5, 5.41) is 6.20. The third kappa shape index (κ3) is 4.88. The van der Waals surface area contributed by atoms with Gasteiger partial charge in [0.1, 0.15) is 18.0 Å². The maximum atomic E-state index is 13.7. The monoisotopic (exact) mass is 493 g/mol. The first kappa shape index (κ1) is 25.5. The lowest BCUT2D eigenvalue weighted by Crippen LogP contribution is -2.76. The molecule has 2 aliphatic rings. The first-order chi connectivity index (χ1) is 17.2. The van der Waals surface area contributed by atoms with Crippen LogP contribution in [0.5, 0.6) is 5.75 Å². The average molecular weight is 494 g/mol. The lowest BCUT2D eigenvalue weighted by atomic mass is 9.94. The van der Waals surface area contributed by atoms with Crippen molar-refractivity contribution in [2.45, 2.75) is 45.6 Å². The van der Waals surface area contributed by atoms with Crippen molar-refractivity contribution in [2.24, 2.45) is 5.92 Å². The number of rotatable bonds is 6. The normalized spacial score (nSPS) is 21.4. The molecule has 192 valence electrons. The van der Waals surface area contributed by atoms with Crippen LogP contribution in [0, 0.1) is 5.92 Å². The van der Waals surface area contributed by atoms with E-state index in [0.717, 1.165) is 16.9 Å². The van der Waals surface area contributed by atoms with Gasteiger partial charge in [0.25, 0.3) is 0 Å². The number of carbonyl (C=O) groups is 3. The minimum atomic E-state index is -0.645. The summed E-state index contributed by atoms with van der Waals surface area (Å²) in [4.78, 5) is 43.8. The van der Waals surface area contributed by atoms with E-state index in [-0.39, 0.29) is 42.9 Å². The number of nitrogens with one attached hydrogen (secondary N) is 1. The highest BCUT2D eigenvalue weighted by molar-refractivity contribution is 5.91. The zero-order chi connectivity index (χ0) is 26.0. The summed E-state index contributed by atoms with van der Waals surface area (Å²) in [6.07, 6.45) is -0.608. The lowest BCUT2D eigenvalue weighted by molar-refractivity contribution is -0.192. The SMILES string of the molecule is COc1ccc(CNC(=O)N2[C@H]3CN([C@@H](C)c4ccccc4)C(=O)[C@H](C(C)C)N3C(=O)CN2C)cc1. The second kappa shape index (κ2) is 10.6. The summed E-state index contributed by atoms with van der Waals surface area (Å²) in [6.45, 7) is 6.45. The van der Waals surface area contributed by atoms with Gasteiger partial charge in [-0.25, -0.2) is 14.8 Å². The molecule has 2 saturated heterocycles. The van der Waals surface area contributed by atoms with Crippen LogP contribution in [-0.4, -0.2) is 77.1 Å². The van der Waals surface area contributed by atoms with Crippen molar-refractivity contribution in [1.29, 1.82) is 0 Å². The van der Waals surface area contributed by atoms with Crippen molar-refractivity contribution < 1.29 is 19.1 Å². The van der Waals surface area contributed by atoms with Crippen LogP contribution in [0.15, 0.2) is 54.6 Å². The van der Waals surface area contributed by atoms with Gasteiger partial charge in [0.15, 0.2) is 0 Å². The highest BCUT2D eigenvalue weighted by Crippen LogP contribution is 2.33. The van der Waals surface area contributed by atoms with E-state index >= 15 is 0 Å². The predicted molar refractivity (Wildman–Crippen MR) is 136 cm³/mol. The highest BCUT2D eigenvalue weighted by atomic mass is 16.5. The van der Waals surface area contributed by atoms with E-state index in [1.54, 1.807) is 34.0 Å². The maximum Gasteiger partial charge on any atom is 0.334 e. The van der Waals surface area contributed by atoms with E-state index in [1.807, 2.05) is 75.4 Å². The minimum absolute atomic E-state index is 0.0250. The fourth-order valence-electron chi connectivity index (χ4n) is 5.09. The van der Waals surface area contributed by atoms with Gasteiger partial charge in [0.2, 0.25) is 11.8 Å². The number of hydrogen-bond acceptors (Lipinski definition) is 5. The molecule has 1 N–H and O–H groups in total. The molecule has 36 heavy (non-hydrogen) atoms. The molecule has 4 amide bonds. The fraction of sp³-hybridized carbons (Fsp3) is 0.444. The topological polar surface area (TPSA) is 85.4 Å². The van der Waals surface area contributed by atoms with Gasteiger partial charge in [-0.1, -0.05) is 56.3 Å². The number of fused-ring (bicyclic) bond motifs is 1. The number of methoxy groups -OCH3 is 1. The van der Waals surface area contributed by atoms with Crippen molar-refractivity contribution in [2.75, 3.05) is 27.2 Å². The van der Waals surface area contributed by atoms with Crippen molar-refractivity contribution in [3.05, 3.63) is 65.7 Å². The second-order valence-corrected chi connectivity index (χ2v) is 9.71. The lowest BCUT2D eigenvalue weighted by Gasteiger charge is -2.56. The Morgan fingerprint density at radius 3 is 2.33 bits per heavy atom. The van der Waals surface area contributed by atoms with Gasteiger partial charge in [0.05, 0.1) is 26.2 Å². The van der Waals surface area contributed by atoms with Crippen LogP contribution >= 0.6 is 0 Å². The Labute approximate surface area is 212 Å². The third-order valence-corrected chi connectivity index (χ3v) is 7.01. The Morgan fingerprint density at radius 1 is 1.06 bits per heavy atom. The average Bonchev–Trinajstić information content (AvgIpc) is 2.87. The number of urea groups is 1. The molecular formula is C27H35N5O4. The number of hydrazine groups is 1. The number of nitrogens with zero attached hydrogens (tertiary/aromatic N) is 4. The van der Waals surface area contributed by atoms with Crippen molar-refractivity contribution in [1.82, 2.24) is 25.1 Å². The number of benzene rings is 2. The molecule has 2 aliphatic heterocycles. The van der Waals surface area contributed by atoms with E-state index in [1.165, 1.54) is 0 Å². The first-order valence-corrected chi connectivity index (χ1v) is 12.3. The Morgan fingerprint density at radius 2 is 1.72 bits per heavy atom. The van der Waals surface area contributed by atoms with E-state index in [2.05, 4.69) is 5.32 Å².